The molecule has 78 valence electrons. The van der Waals surface area contributed by atoms with E-state index in [0.29, 0.717) is 0 Å². The van der Waals surface area contributed by atoms with Gasteiger partial charge in [-0.25, -0.2) is 13.8 Å². The summed E-state index contributed by atoms with van der Waals surface area (Å²) in [4.78, 5) is 3.34. The van der Waals surface area contributed by atoms with Crippen LogP contribution in [0.1, 0.15) is 12.1 Å². The van der Waals surface area contributed by atoms with Gasteiger partial charge in [0.2, 0.25) is 5.82 Å². The molecular weight excluding hydrogens is 199 g/mol. The van der Waals surface area contributed by atoms with Crippen molar-refractivity contribution in [3.63, 3.8) is 0 Å². The highest BCUT2D eigenvalue weighted by Gasteiger charge is 2.22. The first-order valence-corrected chi connectivity index (χ1v) is 3.66. The predicted molar refractivity (Wildman–Crippen MR) is 42.3 cm³/mol. The average molecular weight is 207 g/mol. The largest absolute Gasteiger partial charge is 0.492 e. The molecule has 1 heterocycles. The normalized spacial score (nSPS) is 10.4. The molecule has 0 aliphatic carbocycles. The van der Waals surface area contributed by atoms with Crippen LogP contribution in [0.15, 0.2) is 6.20 Å². The van der Waals surface area contributed by atoms with Gasteiger partial charge in [-0.1, -0.05) is 0 Å². The maximum absolute atomic E-state index is 13.3. The van der Waals surface area contributed by atoms with Gasteiger partial charge in [-0.15, -0.1) is 0 Å². The van der Waals surface area contributed by atoms with E-state index >= 15 is 0 Å². The molecule has 1 aromatic rings. The van der Waals surface area contributed by atoms with E-state index in [0.717, 1.165) is 13.3 Å². The van der Waals surface area contributed by atoms with Crippen LogP contribution < -0.4 is 9.47 Å². The Hall–Kier alpha value is -1.46. The van der Waals surface area contributed by atoms with Gasteiger partial charge in [0.05, 0.1) is 20.4 Å². The number of nitrogens with zero attached hydrogens (tertiary/aromatic N) is 1. The fraction of sp³-hybridized carbons (Fsp3) is 0.375. The molecule has 3 nitrogen and oxygen atoms in total. The molecule has 0 amide bonds. The van der Waals surface area contributed by atoms with Gasteiger partial charge in [-0.2, -0.15) is 4.39 Å². The van der Waals surface area contributed by atoms with Gasteiger partial charge in [0.1, 0.15) is 0 Å². The number of pyridine rings is 1. The van der Waals surface area contributed by atoms with Crippen molar-refractivity contribution in [3.05, 3.63) is 17.7 Å². The van der Waals surface area contributed by atoms with Crippen LogP contribution in [0, 0.1) is 5.82 Å². The minimum Gasteiger partial charge on any atom is -0.492 e. The van der Waals surface area contributed by atoms with Gasteiger partial charge in [0.15, 0.2) is 17.2 Å². The van der Waals surface area contributed by atoms with Crippen LogP contribution in [-0.2, 0) is 0 Å². The van der Waals surface area contributed by atoms with Crippen LogP contribution in [0.25, 0.3) is 0 Å². The highest BCUT2D eigenvalue weighted by Crippen LogP contribution is 2.33. The molecule has 0 saturated heterocycles. The van der Waals surface area contributed by atoms with Crippen molar-refractivity contribution in [1.82, 2.24) is 4.98 Å². The van der Waals surface area contributed by atoms with Gasteiger partial charge in [0.25, 0.3) is 6.43 Å². The number of ether oxygens (including phenoxy) is 2. The Morgan fingerprint density at radius 2 is 1.93 bits per heavy atom. The smallest absolute Gasteiger partial charge is 0.284 e. The van der Waals surface area contributed by atoms with E-state index in [2.05, 4.69) is 14.5 Å². The molecule has 0 spiro atoms. The van der Waals surface area contributed by atoms with Crippen LogP contribution in [0.2, 0.25) is 0 Å². The molecule has 0 aliphatic rings. The summed E-state index contributed by atoms with van der Waals surface area (Å²) in [7, 11) is 2.30. The lowest BCUT2D eigenvalue weighted by atomic mass is 10.3. The van der Waals surface area contributed by atoms with Gasteiger partial charge >= 0.3 is 0 Å². The van der Waals surface area contributed by atoms with Crippen LogP contribution in [0.5, 0.6) is 11.5 Å². The number of hydrogen-bond donors (Lipinski definition) is 0. The van der Waals surface area contributed by atoms with Crippen molar-refractivity contribution >= 4 is 0 Å². The fourth-order valence-electron chi connectivity index (χ4n) is 0.960. The summed E-state index contributed by atoms with van der Waals surface area (Å²) < 4.78 is 46.9. The second-order valence-corrected chi connectivity index (χ2v) is 2.36. The molecule has 6 heteroatoms. The van der Waals surface area contributed by atoms with Crippen LogP contribution in [0.3, 0.4) is 0 Å². The molecule has 1 rings (SSSR count). The zero-order chi connectivity index (χ0) is 10.7. The molecule has 0 radical (unpaired) electrons. The van der Waals surface area contributed by atoms with Crippen LogP contribution >= 0.6 is 0 Å². The van der Waals surface area contributed by atoms with Gasteiger partial charge in [-0.3, -0.25) is 0 Å². The predicted octanol–water partition coefficient (Wildman–Crippen LogP) is 2.18. The molecule has 14 heavy (non-hydrogen) atoms. The zero-order valence-electron chi connectivity index (χ0n) is 7.55. The highest BCUT2D eigenvalue weighted by atomic mass is 19.3. The maximum Gasteiger partial charge on any atom is 0.284 e. The molecule has 0 fully saturated rings. The lowest BCUT2D eigenvalue weighted by Crippen LogP contribution is -2.01. The standard InChI is InChI=1S/C8H8F3NO2/c1-13-4-3-12-6(8(10)11)7(14-2)5(4)9/h3,8H,1-2H3. The van der Waals surface area contributed by atoms with E-state index < -0.39 is 23.7 Å². The van der Waals surface area contributed by atoms with E-state index in [1.54, 1.807) is 0 Å². The van der Waals surface area contributed by atoms with Crippen molar-refractivity contribution in [2.75, 3.05) is 14.2 Å². The van der Waals surface area contributed by atoms with Gasteiger partial charge < -0.3 is 9.47 Å². The molecule has 1 aromatic heterocycles. The third kappa shape index (κ3) is 1.73. The lowest BCUT2D eigenvalue weighted by Gasteiger charge is -2.09. The Labute approximate surface area is 78.5 Å². The molecule has 0 N–H and O–H groups in total. The number of alkyl halides is 2. The quantitative estimate of drug-likeness (QED) is 0.761. The third-order valence-electron chi connectivity index (χ3n) is 1.60. The van der Waals surface area contributed by atoms with E-state index in [-0.39, 0.29) is 5.75 Å². The van der Waals surface area contributed by atoms with Crippen molar-refractivity contribution in [2.24, 2.45) is 0 Å². The van der Waals surface area contributed by atoms with Gasteiger partial charge in [0, 0.05) is 0 Å². The second kappa shape index (κ2) is 4.17. The lowest BCUT2D eigenvalue weighted by molar-refractivity contribution is 0.139. The molecule has 0 unspecified atom stereocenters. The Bertz CT molecular complexity index is 331. The van der Waals surface area contributed by atoms with Crippen LogP contribution in [0.4, 0.5) is 13.2 Å². The number of rotatable bonds is 3. The monoisotopic (exact) mass is 207 g/mol. The van der Waals surface area contributed by atoms with Gasteiger partial charge in [-0.05, 0) is 0 Å². The summed E-state index contributed by atoms with van der Waals surface area (Å²) in [5, 5.41) is 0. The average Bonchev–Trinajstić information content (AvgIpc) is 2.17. The summed E-state index contributed by atoms with van der Waals surface area (Å²) in [5.41, 5.74) is -0.731. The van der Waals surface area contributed by atoms with E-state index in [4.69, 9.17) is 0 Å². The Morgan fingerprint density at radius 3 is 2.36 bits per heavy atom. The Morgan fingerprint density at radius 1 is 1.29 bits per heavy atom. The van der Waals surface area contributed by atoms with E-state index in [1.807, 2.05) is 0 Å². The zero-order valence-corrected chi connectivity index (χ0v) is 7.55. The SMILES string of the molecule is COc1cnc(C(F)F)c(OC)c1F. The van der Waals surface area contributed by atoms with Crippen LogP contribution in [-0.4, -0.2) is 19.2 Å². The van der Waals surface area contributed by atoms with Crippen molar-refractivity contribution < 1.29 is 22.6 Å². The Kier molecular flexibility index (Phi) is 3.16. The minimum absolute atomic E-state index is 0.230. The first kappa shape index (κ1) is 10.6. The number of aromatic nitrogens is 1. The first-order chi connectivity index (χ1) is 6.61. The van der Waals surface area contributed by atoms with E-state index in [9.17, 15) is 13.2 Å². The number of methoxy groups -OCH3 is 2. The molecule has 0 aliphatic heterocycles. The van der Waals surface area contributed by atoms with E-state index in [1.165, 1.54) is 7.11 Å². The second-order valence-electron chi connectivity index (χ2n) is 2.36. The molecule has 0 aromatic carbocycles. The summed E-state index contributed by atoms with van der Waals surface area (Å²) in [6, 6.07) is 0. The topological polar surface area (TPSA) is 31.4 Å². The molecule has 0 bridgehead atoms. The summed E-state index contributed by atoms with van der Waals surface area (Å²) in [6.07, 6.45) is -2.00. The number of hydrogen-bond acceptors (Lipinski definition) is 3. The number of halogens is 3. The molecule has 0 saturated carbocycles. The summed E-state index contributed by atoms with van der Waals surface area (Å²) in [6.45, 7) is 0. The maximum atomic E-state index is 13.3. The minimum atomic E-state index is -2.88. The van der Waals surface area contributed by atoms with Crippen molar-refractivity contribution in [1.29, 1.82) is 0 Å². The molecular formula is C8H8F3NO2. The third-order valence-corrected chi connectivity index (χ3v) is 1.60. The fourth-order valence-corrected chi connectivity index (χ4v) is 0.960. The van der Waals surface area contributed by atoms with Crippen molar-refractivity contribution in [3.8, 4) is 11.5 Å². The molecule has 0 atom stereocenters. The van der Waals surface area contributed by atoms with Crippen molar-refractivity contribution in [2.45, 2.75) is 6.43 Å². The summed E-state index contributed by atoms with van der Waals surface area (Å²) >= 11 is 0. The Balaban J connectivity index is 3.28. The highest BCUT2D eigenvalue weighted by molar-refractivity contribution is 5.37. The first-order valence-electron chi connectivity index (χ1n) is 3.66. The summed E-state index contributed by atoms with van der Waals surface area (Å²) in [5.74, 6) is -1.79.